The molecule has 1 amide bonds. The van der Waals surface area contributed by atoms with Crippen LogP contribution < -0.4 is 5.32 Å². The highest BCUT2D eigenvalue weighted by molar-refractivity contribution is 6.07. The van der Waals surface area contributed by atoms with Gasteiger partial charge in [0.2, 0.25) is 0 Å². The van der Waals surface area contributed by atoms with Gasteiger partial charge < -0.3 is 19.2 Å². The summed E-state index contributed by atoms with van der Waals surface area (Å²) in [5.74, 6) is 2.06. The Morgan fingerprint density at radius 3 is 2.79 bits per heavy atom. The summed E-state index contributed by atoms with van der Waals surface area (Å²) in [6.45, 7) is 8.06. The molecule has 4 rings (SSSR count). The third-order valence-electron chi connectivity index (χ3n) is 5.23. The molecule has 0 bridgehead atoms. The third kappa shape index (κ3) is 3.52. The highest BCUT2D eigenvalue weighted by atomic mass is 35.5. The van der Waals surface area contributed by atoms with Gasteiger partial charge in [0.1, 0.15) is 11.5 Å². The van der Waals surface area contributed by atoms with Crippen molar-refractivity contribution in [3.63, 3.8) is 0 Å². The molecular weight excluding hydrogens is 380 g/mol. The van der Waals surface area contributed by atoms with Gasteiger partial charge in [0.05, 0.1) is 22.3 Å². The first-order valence-corrected chi connectivity index (χ1v) is 9.26. The van der Waals surface area contributed by atoms with E-state index in [1.54, 1.807) is 0 Å². The smallest absolute Gasteiger partial charge is 0.259 e. The van der Waals surface area contributed by atoms with E-state index in [0.717, 1.165) is 43.1 Å². The molecule has 28 heavy (non-hydrogen) atoms. The van der Waals surface area contributed by atoms with Crippen LogP contribution in [-0.2, 0) is 0 Å². The average molecular weight is 405 g/mol. The second-order valence-electron chi connectivity index (χ2n) is 7.29. The Labute approximate surface area is 169 Å². The van der Waals surface area contributed by atoms with E-state index in [1.807, 2.05) is 44.9 Å². The quantitative estimate of drug-likeness (QED) is 0.716. The number of pyridine rings is 1. The molecule has 1 N–H and O–H groups in total. The van der Waals surface area contributed by atoms with Crippen LogP contribution in [0.1, 0.15) is 34.0 Å². The third-order valence-corrected chi connectivity index (χ3v) is 5.23. The Bertz CT molecular complexity index is 1010. The lowest BCUT2D eigenvalue weighted by Gasteiger charge is -2.17. The number of aromatic nitrogens is 2. The molecule has 0 spiro atoms. The van der Waals surface area contributed by atoms with Crippen LogP contribution in [0, 0.1) is 26.7 Å². The predicted molar refractivity (Wildman–Crippen MR) is 109 cm³/mol. The van der Waals surface area contributed by atoms with Crippen molar-refractivity contribution in [2.75, 3.05) is 26.7 Å². The number of hydrogen-bond acceptors (Lipinski definition) is 6. The molecule has 0 saturated carbocycles. The number of halogens is 1. The number of carbonyl (C=O) groups excluding carboxylic acids is 1. The lowest BCUT2D eigenvalue weighted by Crippen LogP contribution is -2.30. The monoisotopic (exact) mass is 404 g/mol. The molecule has 1 unspecified atom stereocenters. The number of nitrogens with zero attached hydrogens (tertiary/aromatic N) is 3. The molecule has 7 nitrogen and oxygen atoms in total. The lowest BCUT2D eigenvalue weighted by atomic mass is 10.0. The molecule has 3 aromatic rings. The minimum absolute atomic E-state index is 0. The number of aryl methyl sites for hydroxylation is 3. The second kappa shape index (κ2) is 7.93. The molecule has 4 heterocycles. The number of hydrogen-bond donors (Lipinski definition) is 1. The summed E-state index contributed by atoms with van der Waals surface area (Å²) >= 11 is 0. The second-order valence-corrected chi connectivity index (χ2v) is 7.29. The zero-order chi connectivity index (χ0) is 19.1. The van der Waals surface area contributed by atoms with Gasteiger partial charge >= 0.3 is 0 Å². The van der Waals surface area contributed by atoms with Gasteiger partial charge in [-0.2, -0.15) is 0 Å². The Morgan fingerprint density at radius 2 is 2.11 bits per heavy atom. The van der Waals surface area contributed by atoms with Crippen molar-refractivity contribution in [1.29, 1.82) is 0 Å². The van der Waals surface area contributed by atoms with Gasteiger partial charge in [-0.25, -0.2) is 4.98 Å². The zero-order valence-corrected chi connectivity index (χ0v) is 17.4. The number of rotatable bonds is 4. The molecule has 1 aliphatic heterocycles. The molecular formula is C20H25ClN4O3. The minimum atomic E-state index is 0. The largest absolute Gasteiger partial charge is 0.466 e. The normalized spacial score (nSPS) is 16.6. The van der Waals surface area contributed by atoms with Crippen molar-refractivity contribution in [2.45, 2.75) is 27.2 Å². The van der Waals surface area contributed by atoms with Crippen molar-refractivity contribution in [3.8, 4) is 11.3 Å². The highest BCUT2D eigenvalue weighted by Crippen LogP contribution is 2.31. The molecule has 3 aromatic heterocycles. The Balaban J connectivity index is 0.00000225. The van der Waals surface area contributed by atoms with Crippen LogP contribution in [0.3, 0.4) is 0 Å². The van der Waals surface area contributed by atoms with Crippen LogP contribution in [0.15, 0.2) is 21.1 Å². The Hall–Kier alpha value is -2.38. The van der Waals surface area contributed by atoms with Crippen LogP contribution in [-0.4, -0.2) is 47.6 Å². The molecule has 1 saturated heterocycles. The molecule has 0 aliphatic carbocycles. The number of carbonyl (C=O) groups is 1. The van der Waals surface area contributed by atoms with Crippen LogP contribution in [0.5, 0.6) is 0 Å². The van der Waals surface area contributed by atoms with E-state index in [0.29, 0.717) is 34.0 Å². The van der Waals surface area contributed by atoms with Crippen molar-refractivity contribution < 1.29 is 13.7 Å². The highest BCUT2D eigenvalue weighted by Gasteiger charge is 2.29. The summed E-state index contributed by atoms with van der Waals surface area (Å²) in [5, 5.41) is 7.92. The van der Waals surface area contributed by atoms with Gasteiger partial charge in [0, 0.05) is 18.7 Å². The lowest BCUT2D eigenvalue weighted by molar-refractivity contribution is 0.0789. The zero-order valence-electron chi connectivity index (χ0n) is 16.5. The molecule has 150 valence electrons. The van der Waals surface area contributed by atoms with Gasteiger partial charge in [0.15, 0.2) is 0 Å². The standard InChI is InChI=1S/C20H24N4O3.ClH/c1-11-7-15(13(3)26-11)17-8-16(18-12(2)23-27-19(18)22-17)20(25)24-6-5-14(10-24)9-21-4;/h7-8,14,21H,5-6,9-10H2,1-4H3;1H. The van der Waals surface area contributed by atoms with Crippen molar-refractivity contribution in [1.82, 2.24) is 20.4 Å². The van der Waals surface area contributed by atoms with Crippen molar-refractivity contribution in [3.05, 3.63) is 34.9 Å². The molecule has 1 aliphatic rings. The van der Waals surface area contributed by atoms with E-state index in [4.69, 9.17) is 8.94 Å². The molecule has 1 fully saturated rings. The van der Waals surface area contributed by atoms with Crippen LogP contribution in [0.4, 0.5) is 0 Å². The Morgan fingerprint density at radius 1 is 1.32 bits per heavy atom. The number of nitrogens with one attached hydrogen (secondary N) is 1. The summed E-state index contributed by atoms with van der Waals surface area (Å²) < 4.78 is 11.0. The fourth-order valence-corrected chi connectivity index (χ4v) is 3.93. The summed E-state index contributed by atoms with van der Waals surface area (Å²) in [6.07, 6.45) is 1.01. The van der Waals surface area contributed by atoms with Gasteiger partial charge in [-0.1, -0.05) is 5.16 Å². The van der Waals surface area contributed by atoms with Crippen molar-refractivity contribution in [2.24, 2.45) is 5.92 Å². The maximum absolute atomic E-state index is 13.3. The predicted octanol–water partition coefficient (Wildman–Crippen LogP) is 3.51. The van der Waals surface area contributed by atoms with Gasteiger partial charge in [0.25, 0.3) is 11.6 Å². The number of fused-ring (bicyclic) bond motifs is 1. The number of furan rings is 1. The van der Waals surface area contributed by atoms with Crippen molar-refractivity contribution >= 4 is 29.4 Å². The van der Waals surface area contributed by atoms with Crippen LogP contribution >= 0.6 is 12.4 Å². The van der Waals surface area contributed by atoms with Crippen LogP contribution in [0.25, 0.3) is 22.4 Å². The summed E-state index contributed by atoms with van der Waals surface area (Å²) in [7, 11) is 1.94. The van der Waals surface area contributed by atoms with E-state index >= 15 is 0 Å². The fourth-order valence-electron chi connectivity index (χ4n) is 3.93. The average Bonchev–Trinajstić information content (AvgIpc) is 3.33. The maximum Gasteiger partial charge on any atom is 0.259 e. The van der Waals surface area contributed by atoms with E-state index in [2.05, 4.69) is 15.5 Å². The van der Waals surface area contributed by atoms with Crippen LogP contribution in [0.2, 0.25) is 0 Å². The summed E-state index contributed by atoms with van der Waals surface area (Å²) in [6, 6.07) is 3.78. The van der Waals surface area contributed by atoms with Gasteiger partial charge in [-0.3, -0.25) is 4.79 Å². The van der Waals surface area contributed by atoms with E-state index < -0.39 is 0 Å². The van der Waals surface area contributed by atoms with Gasteiger partial charge in [-0.15, -0.1) is 12.4 Å². The number of amides is 1. The Kier molecular flexibility index (Phi) is 5.76. The molecule has 1 atom stereocenters. The first-order chi connectivity index (χ1) is 13.0. The van der Waals surface area contributed by atoms with E-state index in [-0.39, 0.29) is 18.3 Å². The minimum Gasteiger partial charge on any atom is -0.466 e. The SMILES string of the molecule is CNCC1CCN(C(=O)c2cc(-c3cc(C)oc3C)nc3onc(C)c23)C1.Cl. The maximum atomic E-state index is 13.3. The molecule has 8 heteroatoms. The molecule has 0 aromatic carbocycles. The first-order valence-electron chi connectivity index (χ1n) is 9.26. The number of likely N-dealkylation sites (tertiary alicyclic amines) is 1. The van der Waals surface area contributed by atoms with E-state index in [9.17, 15) is 4.79 Å². The molecule has 0 radical (unpaired) electrons. The topological polar surface area (TPSA) is 84.4 Å². The summed E-state index contributed by atoms with van der Waals surface area (Å²) in [4.78, 5) is 19.8. The first kappa shape index (κ1) is 20.4. The summed E-state index contributed by atoms with van der Waals surface area (Å²) in [5.41, 5.74) is 3.20. The van der Waals surface area contributed by atoms with Gasteiger partial charge in [-0.05, 0) is 58.8 Å². The van der Waals surface area contributed by atoms with E-state index in [1.165, 1.54) is 0 Å². The fraction of sp³-hybridized carbons (Fsp3) is 0.450.